The Morgan fingerprint density at radius 2 is 2.00 bits per heavy atom. The van der Waals surface area contributed by atoms with Crippen LogP contribution in [0, 0.1) is 0 Å². The van der Waals surface area contributed by atoms with Crippen LogP contribution in [0.25, 0.3) is 0 Å². The molecule has 66 valence electrons. The van der Waals surface area contributed by atoms with Gasteiger partial charge in [0.2, 0.25) is 0 Å². The van der Waals surface area contributed by atoms with Gasteiger partial charge in [0, 0.05) is 0 Å². The molecule has 0 saturated carbocycles. The Morgan fingerprint density at radius 3 is 2.10 bits per heavy atom. The number of hydrogen-bond donors (Lipinski definition) is 1. The third kappa shape index (κ3) is 8.61. The Morgan fingerprint density at radius 1 is 1.60 bits per heavy atom. The van der Waals surface area contributed by atoms with Crippen molar-refractivity contribution in [1.29, 1.82) is 0 Å². The molecule has 0 aromatic carbocycles. The Hall–Kier alpha value is 0.610. The van der Waals surface area contributed by atoms with E-state index < -0.39 is 22.0 Å². The fourth-order valence-electron chi connectivity index (χ4n) is 0.353. The van der Waals surface area contributed by atoms with Gasteiger partial charge in [0.25, 0.3) is 0 Å². The molecule has 0 rings (SSSR count). The fraction of sp³-hybridized carbons (Fsp3) is 1.00. The van der Waals surface area contributed by atoms with Gasteiger partial charge in [0.15, 0.2) is 0 Å². The van der Waals surface area contributed by atoms with Gasteiger partial charge in [-0.1, -0.05) is 6.92 Å². The summed E-state index contributed by atoms with van der Waals surface area (Å²) in [5.41, 5.74) is 0. The van der Waals surface area contributed by atoms with Gasteiger partial charge in [-0.3, -0.25) is 0 Å². The van der Waals surface area contributed by atoms with E-state index in [-0.39, 0.29) is 22.4 Å². The first-order valence-electron chi connectivity index (χ1n) is 2.57. The largest absolute Gasteiger partial charge is 1.00 e. The maximum Gasteiger partial charge on any atom is 1.00 e. The second kappa shape index (κ2) is 5.29. The molecule has 0 aromatic rings. The minimum Gasteiger partial charge on any atom is -0.748 e. The second-order valence-corrected chi connectivity index (χ2v) is 3.24. The van der Waals surface area contributed by atoms with Gasteiger partial charge in [-0.25, -0.2) is 8.42 Å². The molecule has 0 heterocycles. The van der Waals surface area contributed by atoms with Crippen molar-refractivity contribution < 1.29 is 40.5 Å². The molecule has 0 amide bonds. The standard InChI is InChI=1S/C4H10O4S.Ag/c1-2-4(5)3-9(6,7)8;/h4-5H,2-3H2,1H3,(H,6,7,8);/q;+1/p-1. The average Bonchev–Trinajstić information content (AvgIpc) is 1.62. The molecule has 1 atom stereocenters. The summed E-state index contributed by atoms with van der Waals surface area (Å²) >= 11 is 0. The average molecular weight is 261 g/mol. The smallest absolute Gasteiger partial charge is 0.748 e. The Bertz CT molecular complexity index is 164. The van der Waals surface area contributed by atoms with Crippen molar-refractivity contribution in [2.75, 3.05) is 5.75 Å². The van der Waals surface area contributed by atoms with Crippen LogP contribution in [-0.4, -0.2) is 29.9 Å². The van der Waals surface area contributed by atoms with Crippen molar-refractivity contribution in [3.8, 4) is 0 Å². The molecule has 0 bridgehead atoms. The van der Waals surface area contributed by atoms with Gasteiger partial charge < -0.3 is 9.66 Å². The number of aliphatic hydroxyl groups is 1. The van der Waals surface area contributed by atoms with Crippen molar-refractivity contribution in [2.45, 2.75) is 19.4 Å². The molecule has 0 spiro atoms. The van der Waals surface area contributed by atoms with Crippen LogP contribution in [0.15, 0.2) is 0 Å². The molecule has 1 unspecified atom stereocenters. The van der Waals surface area contributed by atoms with E-state index >= 15 is 0 Å². The summed E-state index contributed by atoms with van der Waals surface area (Å²) in [5.74, 6) is -0.677. The molecule has 4 nitrogen and oxygen atoms in total. The molecule has 0 aliphatic rings. The SMILES string of the molecule is CCC(O)CS(=O)(=O)[O-].[Ag+]. The molecule has 10 heavy (non-hydrogen) atoms. The van der Waals surface area contributed by atoms with Crippen molar-refractivity contribution in [3.63, 3.8) is 0 Å². The minimum absolute atomic E-state index is 0. The van der Waals surface area contributed by atoms with Crippen molar-refractivity contribution >= 4 is 10.1 Å². The predicted molar refractivity (Wildman–Crippen MR) is 30.9 cm³/mol. The third-order valence-electron chi connectivity index (χ3n) is 0.868. The summed E-state index contributed by atoms with van der Waals surface area (Å²) in [4.78, 5) is 0. The van der Waals surface area contributed by atoms with Gasteiger partial charge in [0.1, 0.15) is 0 Å². The van der Waals surface area contributed by atoms with Gasteiger partial charge in [-0.15, -0.1) is 0 Å². The second-order valence-electron chi connectivity index (χ2n) is 1.79. The topological polar surface area (TPSA) is 77.4 Å². The zero-order chi connectivity index (χ0) is 7.49. The van der Waals surface area contributed by atoms with Gasteiger partial charge in [0.05, 0.1) is 22.0 Å². The molecule has 0 aliphatic carbocycles. The molecular formula is C4H9AgO4S. The van der Waals surface area contributed by atoms with Crippen LogP contribution in [-0.2, 0) is 32.5 Å². The van der Waals surface area contributed by atoms with Gasteiger partial charge >= 0.3 is 22.4 Å². The van der Waals surface area contributed by atoms with Gasteiger partial charge in [-0.05, 0) is 6.42 Å². The van der Waals surface area contributed by atoms with E-state index in [9.17, 15) is 13.0 Å². The van der Waals surface area contributed by atoms with Crippen molar-refractivity contribution in [1.82, 2.24) is 0 Å². The zero-order valence-electron chi connectivity index (χ0n) is 5.37. The molecule has 0 aliphatic heterocycles. The molecule has 0 radical (unpaired) electrons. The zero-order valence-corrected chi connectivity index (χ0v) is 7.67. The summed E-state index contributed by atoms with van der Waals surface area (Å²) < 4.78 is 29.7. The molecule has 0 fully saturated rings. The molecule has 1 N–H and O–H groups in total. The van der Waals surface area contributed by atoms with Crippen LogP contribution < -0.4 is 0 Å². The maximum absolute atomic E-state index is 9.88. The van der Waals surface area contributed by atoms with Crippen LogP contribution in [0.1, 0.15) is 13.3 Å². The van der Waals surface area contributed by atoms with Crippen LogP contribution >= 0.6 is 0 Å². The van der Waals surface area contributed by atoms with E-state index in [2.05, 4.69) is 0 Å². The number of hydrogen-bond acceptors (Lipinski definition) is 4. The van der Waals surface area contributed by atoms with Crippen molar-refractivity contribution in [2.24, 2.45) is 0 Å². The Balaban J connectivity index is 0. The summed E-state index contributed by atoms with van der Waals surface area (Å²) in [6.45, 7) is 1.61. The predicted octanol–water partition coefficient (Wildman–Crippen LogP) is -0.700. The van der Waals surface area contributed by atoms with Gasteiger partial charge in [-0.2, -0.15) is 0 Å². The summed E-state index contributed by atoms with van der Waals surface area (Å²) in [6, 6.07) is 0. The molecule has 0 aromatic heterocycles. The van der Waals surface area contributed by atoms with E-state index in [1.807, 2.05) is 0 Å². The summed E-state index contributed by atoms with van der Waals surface area (Å²) in [7, 11) is -4.24. The number of aliphatic hydroxyl groups excluding tert-OH is 1. The van der Waals surface area contributed by atoms with Crippen LogP contribution in [0.3, 0.4) is 0 Å². The van der Waals surface area contributed by atoms with E-state index in [1.165, 1.54) is 0 Å². The van der Waals surface area contributed by atoms with E-state index in [1.54, 1.807) is 6.92 Å². The third-order valence-corrected chi connectivity index (χ3v) is 1.66. The normalized spacial score (nSPS) is 13.9. The van der Waals surface area contributed by atoms with Crippen LogP contribution in [0.4, 0.5) is 0 Å². The molecule has 6 heteroatoms. The first-order valence-corrected chi connectivity index (χ1v) is 4.15. The monoisotopic (exact) mass is 260 g/mol. The summed E-state index contributed by atoms with van der Waals surface area (Å²) in [6.07, 6.45) is -0.714. The molecule has 0 saturated heterocycles. The number of rotatable bonds is 3. The first-order chi connectivity index (χ1) is 3.95. The van der Waals surface area contributed by atoms with Crippen LogP contribution in [0.2, 0.25) is 0 Å². The molecular weight excluding hydrogens is 252 g/mol. The van der Waals surface area contributed by atoms with E-state index in [0.29, 0.717) is 6.42 Å². The maximum atomic E-state index is 9.88. The quantitative estimate of drug-likeness (QED) is 0.538. The minimum atomic E-state index is -4.24. The fourth-order valence-corrected chi connectivity index (χ4v) is 1.06. The Labute approximate surface area is 75.9 Å². The Kier molecular flexibility index (Phi) is 6.99. The van der Waals surface area contributed by atoms with Crippen molar-refractivity contribution in [3.05, 3.63) is 0 Å². The van der Waals surface area contributed by atoms with Crippen LogP contribution in [0.5, 0.6) is 0 Å². The summed E-state index contributed by atoms with van der Waals surface area (Å²) in [5, 5.41) is 8.61. The van der Waals surface area contributed by atoms with E-state index in [0.717, 1.165) is 0 Å². The van der Waals surface area contributed by atoms with E-state index in [4.69, 9.17) is 5.11 Å². The first kappa shape index (κ1) is 13.2.